The number of hydrogen-bond donors (Lipinski definition) is 1. The van der Waals surface area contributed by atoms with Crippen LogP contribution in [0.15, 0.2) is 60.8 Å². The molecule has 0 aliphatic carbocycles. The summed E-state index contributed by atoms with van der Waals surface area (Å²) < 4.78 is 5.80. The highest BCUT2D eigenvalue weighted by molar-refractivity contribution is 5.82. The molecule has 0 amide bonds. The summed E-state index contributed by atoms with van der Waals surface area (Å²) in [6, 6.07) is 18.2. The number of fused-ring (bicyclic) bond motifs is 1. The van der Waals surface area contributed by atoms with Crippen LogP contribution in [0.4, 0.5) is 5.69 Å². The molecule has 0 spiro atoms. The second kappa shape index (κ2) is 5.61. The van der Waals surface area contributed by atoms with E-state index >= 15 is 0 Å². The molecule has 3 aromatic rings. The molecular formula is C17H16N2O. The Balaban J connectivity index is 1.79. The highest BCUT2D eigenvalue weighted by Crippen LogP contribution is 2.22. The molecule has 1 aromatic heterocycles. The van der Waals surface area contributed by atoms with Crippen molar-refractivity contribution < 1.29 is 4.74 Å². The van der Waals surface area contributed by atoms with Gasteiger partial charge in [-0.05, 0) is 23.8 Å². The zero-order valence-corrected chi connectivity index (χ0v) is 11.3. The fraction of sp³-hybridized carbons (Fsp3) is 0.118. The van der Waals surface area contributed by atoms with Gasteiger partial charge in [-0.15, -0.1) is 0 Å². The van der Waals surface area contributed by atoms with Gasteiger partial charge in [0.25, 0.3) is 0 Å². The summed E-state index contributed by atoms with van der Waals surface area (Å²) in [6.07, 6.45) is 1.82. The summed E-state index contributed by atoms with van der Waals surface area (Å²) in [5.74, 6) is 0.839. The van der Waals surface area contributed by atoms with Gasteiger partial charge >= 0.3 is 0 Å². The number of nitrogens with zero attached hydrogens (tertiary/aromatic N) is 1. The lowest BCUT2D eigenvalue weighted by Gasteiger charge is -2.08. The van der Waals surface area contributed by atoms with Gasteiger partial charge in [-0.3, -0.25) is 4.98 Å². The van der Waals surface area contributed by atoms with Crippen molar-refractivity contribution in [3.8, 4) is 5.75 Å². The topological polar surface area (TPSA) is 34.2 Å². The zero-order chi connectivity index (χ0) is 13.8. The highest BCUT2D eigenvalue weighted by atomic mass is 16.5. The minimum Gasteiger partial charge on any atom is -0.489 e. The Morgan fingerprint density at radius 3 is 2.70 bits per heavy atom. The summed E-state index contributed by atoms with van der Waals surface area (Å²) in [5.41, 5.74) is 3.11. The summed E-state index contributed by atoms with van der Waals surface area (Å²) in [6.45, 7) is 0.570. The van der Waals surface area contributed by atoms with Gasteiger partial charge in [-0.2, -0.15) is 0 Å². The van der Waals surface area contributed by atoms with E-state index < -0.39 is 0 Å². The average molecular weight is 264 g/mol. The van der Waals surface area contributed by atoms with Crippen molar-refractivity contribution in [1.29, 1.82) is 0 Å². The van der Waals surface area contributed by atoms with Crippen molar-refractivity contribution in [2.24, 2.45) is 0 Å². The van der Waals surface area contributed by atoms with Crippen LogP contribution in [0, 0.1) is 0 Å². The quantitative estimate of drug-likeness (QED) is 0.777. The van der Waals surface area contributed by atoms with E-state index in [1.165, 1.54) is 0 Å². The van der Waals surface area contributed by atoms with Gasteiger partial charge < -0.3 is 10.1 Å². The van der Waals surface area contributed by atoms with Gasteiger partial charge in [0.2, 0.25) is 0 Å². The first kappa shape index (κ1) is 12.5. The van der Waals surface area contributed by atoms with Crippen LogP contribution in [0.5, 0.6) is 5.75 Å². The van der Waals surface area contributed by atoms with E-state index in [0.717, 1.165) is 27.9 Å². The maximum Gasteiger partial charge on any atom is 0.122 e. The van der Waals surface area contributed by atoms with E-state index in [2.05, 4.69) is 28.5 Å². The number of ether oxygens (including phenoxy) is 1. The first-order chi connectivity index (χ1) is 9.85. The van der Waals surface area contributed by atoms with Crippen LogP contribution in [0.2, 0.25) is 0 Å². The van der Waals surface area contributed by atoms with E-state index in [-0.39, 0.29) is 0 Å². The minimum absolute atomic E-state index is 0.570. The van der Waals surface area contributed by atoms with E-state index in [4.69, 9.17) is 4.74 Å². The number of benzene rings is 2. The smallest absolute Gasteiger partial charge is 0.122 e. The number of hydrogen-bond acceptors (Lipinski definition) is 3. The fourth-order valence-corrected chi connectivity index (χ4v) is 2.07. The first-order valence-corrected chi connectivity index (χ1v) is 6.59. The van der Waals surface area contributed by atoms with E-state index in [1.54, 1.807) is 0 Å². The second-order valence-corrected chi connectivity index (χ2v) is 4.60. The van der Waals surface area contributed by atoms with Gasteiger partial charge in [0, 0.05) is 18.5 Å². The van der Waals surface area contributed by atoms with Crippen LogP contribution in [-0.4, -0.2) is 12.0 Å². The van der Waals surface area contributed by atoms with Crippen molar-refractivity contribution in [2.75, 3.05) is 12.4 Å². The maximum atomic E-state index is 5.80. The molecule has 3 nitrogen and oxygen atoms in total. The molecule has 0 radical (unpaired) electrons. The molecule has 3 heteroatoms. The fourth-order valence-electron chi connectivity index (χ4n) is 2.07. The summed E-state index contributed by atoms with van der Waals surface area (Å²) in [4.78, 5) is 4.43. The lowest BCUT2D eigenvalue weighted by atomic mass is 10.2. The molecular weight excluding hydrogens is 248 g/mol. The third-order valence-corrected chi connectivity index (χ3v) is 3.19. The standard InChI is InChI=1S/C17H16N2O/c1-18-15-9-14-7-8-16(10-17(14)19-11-15)20-12-13-5-3-2-4-6-13/h2-11,18H,12H2,1H3. The molecule has 0 fully saturated rings. The molecule has 0 aliphatic heterocycles. The number of rotatable bonds is 4. The normalized spacial score (nSPS) is 10.4. The van der Waals surface area contributed by atoms with Crippen molar-refractivity contribution in [2.45, 2.75) is 6.61 Å². The molecule has 0 atom stereocenters. The van der Waals surface area contributed by atoms with E-state index in [1.807, 2.05) is 49.6 Å². The van der Waals surface area contributed by atoms with Gasteiger partial charge in [0.1, 0.15) is 12.4 Å². The predicted molar refractivity (Wildman–Crippen MR) is 82.1 cm³/mol. The molecule has 1 heterocycles. The van der Waals surface area contributed by atoms with Crippen molar-refractivity contribution in [3.05, 3.63) is 66.4 Å². The Hall–Kier alpha value is -2.55. The minimum atomic E-state index is 0.570. The summed E-state index contributed by atoms with van der Waals surface area (Å²) in [5, 5.41) is 4.19. The van der Waals surface area contributed by atoms with Crippen LogP contribution >= 0.6 is 0 Å². The molecule has 3 rings (SSSR count). The molecule has 0 unspecified atom stereocenters. The average Bonchev–Trinajstić information content (AvgIpc) is 2.53. The lowest BCUT2D eigenvalue weighted by molar-refractivity contribution is 0.306. The molecule has 0 aliphatic rings. The van der Waals surface area contributed by atoms with Gasteiger partial charge in [0.15, 0.2) is 0 Å². The Morgan fingerprint density at radius 2 is 1.90 bits per heavy atom. The zero-order valence-electron chi connectivity index (χ0n) is 11.3. The van der Waals surface area contributed by atoms with E-state index in [9.17, 15) is 0 Å². The van der Waals surface area contributed by atoms with Crippen molar-refractivity contribution in [1.82, 2.24) is 4.98 Å². The molecule has 0 saturated carbocycles. The summed E-state index contributed by atoms with van der Waals surface area (Å²) in [7, 11) is 1.89. The monoisotopic (exact) mass is 264 g/mol. The van der Waals surface area contributed by atoms with Crippen LogP contribution in [0.3, 0.4) is 0 Å². The maximum absolute atomic E-state index is 5.80. The third kappa shape index (κ3) is 2.72. The van der Waals surface area contributed by atoms with Crippen molar-refractivity contribution in [3.63, 3.8) is 0 Å². The Labute approximate surface area is 118 Å². The molecule has 100 valence electrons. The Bertz CT molecular complexity index is 711. The van der Waals surface area contributed by atoms with Crippen LogP contribution < -0.4 is 10.1 Å². The summed E-state index contributed by atoms with van der Waals surface area (Å²) >= 11 is 0. The number of pyridine rings is 1. The molecule has 1 N–H and O–H groups in total. The van der Waals surface area contributed by atoms with Crippen LogP contribution in [-0.2, 0) is 6.61 Å². The second-order valence-electron chi connectivity index (χ2n) is 4.60. The molecule has 0 saturated heterocycles. The third-order valence-electron chi connectivity index (χ3n) is 3.19. The predicted octanol–water partition coefficient (Wildman–Crippen LogP) is 3.86. The molecule has 0 bridgehead atoms. The Kier molecular flexibility index (Phi) is 3.50. The van der Waals surface area contributed by atoms with Crippen molar-refractivity contribution >= 4 is 16.6 Å². The van der Waals surface area contributed by atoms with E-state index in [0.29, 0.717) is 6.61 Å². The van der Waals surface area contributed by atoms with Gasteiger partial charge in [0.05, 0.1) is 17.4 Å². The van der Waals surface area contributed by atoms with Crippen LogP contribution in [0.25, 0.3) is 10.9 Å². The molecule has 20 heavy (non-hydrogen) atoms. The highest BCUT2D eigenvalue weighted by Gasteiger charge is 2.00. The van der Waals surface area contributed by atoms with Gasteiger partial charge in [-0.1, -0.05) is 30.3 Å². The first-order valence-electron chi connectivity index (χ1n) is 6.59. The lowest BCUT2D eigenvalue weighted by Crippen LogP contribution is -1.95. The Morgan fingerprint density at radius 1 is 1.05 bits per heavy atom. The molecule has 2 aromatic carbocycles. The number of aromatic nitrogens is 1. The largest absolute Gasteiger partial charge is 0.489 e. The van der Waals surface area contributed by atoms with Crippen LogP contribution in [0.1, 0.15) is 5.56 Å². The SMILES string of the molecule is CNc1cnc2cc(OCc3ccccc3)ccc2c1. The number of anilines is 1. The number of nitrogens with one attached hydrogen (secondary N) is 1. The van der Waals surface area contributed by atoms with Gasteiger partial charge in [-0.25, -0.2) is 0 Å².